The topological polar surface area (TPSA) is 82.1 Å². The first-order valence-electron chi connectivity index (χ1n) is 10.5. The number of ether oxygens (including phenoxy) is 2. The Balaban J connectivity index is 1.69. The smallest absolute Gasteiger partial charge is 0.363 e. The van der Waals surface area contributed by atoms with Crippen LogP contribution in [-0.4, -0.2) is 37.1 Å². The number of amides is 2. The molecule has 0 unspecified atom stereocenters. The Labute approximate surface area is 201 Å². The maximum Gasteiger partial charge on any atom is 0.363 e. The molecule has 0 aliphatic carbocycles. The van der Waals surface area contributed by atoms with E-state index in [-0.39, 0.29) is 18.4 Å². The van der Waals surface area contributed by atoms with Crippen LogP contribution in [-0.2, 0) is 19.3 Å². The van der Waals surface area contributed by atoms with Gasteiger partial charge in [0.2, 0.25) is 0 Å². The molecule has 1 aliphatic rings. The lowest BCUT2D eigenvalue weighted by Crippen LogP contribution is -2.32. The van der Waals surface area contributed by atoms with Crippen LogP contribution in [0.25, 0.3) is 0 Å². The number of rotatable bonds is 7. The monoisotopic (exact) mass is 479 g/mol. The van der Waals surface area contributed by atoms with E-state index in [4.69, 9.17) is 25.9 Å². The predicted molar refractivity (Wildman–Crippen MR) is 125 cm³/mol. The minimum absolute atomic E-state index is 0.0313. The maximum absolute atomic E-state index is 12.5. The molecule has 3 aromatic carbocycles. The number of methoxy groups -OCH3 is 2. The van der Waals surface area contributed by atoms with Gasteiger partial charge in [-0.2, -0.15) is 0 Å². The number of carbonyl (C=O) groups is 3. The zero-order valence-corrected chi connectivity index (χ0v) is 19.4. The van der Waals surface area contributed by atoms with Gasteiger partial charge in [0.15, 0.2) is 0 Å². The van der Waals surface area contributed by atoms with Crippen molar-refractivity contribution in [1.82, 2.24) is 5.06 Å². The number of benzene rings is 3. The summed E-state index contributed by atoms with van der Waals surface area (Å²) in [6.07, 6.45) is 0.0626. The number of imide groups is 1. The van der Waals surface area contributed by atoms with Crippen molar-refractivity contribution in [3.05, 3.63) is 95.1 Å². The van der Waals surface area contributed by atoms with Gasteiger partial charge in [0.05, 0.1) is 19.8 Å². The molecule has 0 spiro atoms. The Morgan fingerprint density at radius 2 is 1.12 bits per heavy atom. The first-order valence-corrected chi connectivity index (χ1v) is 10.9. The van der Waals surface area contributed by atoms with E-state index in [0.717, 1.165) is 11.1 Å². The average Bonchev–Trinajstić information content (AvgIpc) is 3.20. The van der Waals surface area contributed by atoms with Gasteiger partial charge >= 0.3 is 5.97 Å². The second-order valence-electron chi connectivity index (χ2n) is 7.65. The van der Waals surface area contributed by atoms with Gasteiger partial charge in [-0.25, -0.2) is 4.79 Å². The van der Waals surface area contributed by atoms with Gasteiger partial charge in [0.1, 0.15) is 16.4 Å². The van der Waals surface area contributed by atoms with E-state index in [0.29, 0.717) is 22.1 Å². The number of hydroxylamine groups is 2. The highest BCUT2D eigenvalue weighted by Crippen LogP contribution is 2.44. The number of nitrogens with zero attached hydrogens (tertiary/aromatic N) is 1. The van der Waals surface area contributed by atoms with Crippen molar-refractivity contribution >= 4 is 29.4 Å². The zero-order chi connectivity index (χ0) is 24.3. The van der Waals surface area contributed by atoms with Crippen molar-refractivity contribution in [3.8, 4) is 11.5 Å². The third-order valence-electron chi connectivity index (χ3n) is 5.67. The molecule has 0 atom stereocenters. The second-order valence-corrected chi connectivity index (χ2v) is 8.22. The molecule has 1 heterocycles. The van der Waals surface area contributed by atoms with Crippen molar-refractivity contribution in [2.45, 2.75) is 17.7 Å². The Kier molecular flexibility index (Phi) is 6.56. The Morgan fingerprint density at radius 1 is 0.735 bits per heavy atom. The summed E-state index contributed by atoms with van der Waals surface area (Å²) in [6, 6.07) is 21.3. The highest BCUT2D eigenvalue weighted by molar-refractivity contribution is 6.28. The summed E-state index contributed by atoms with van der Waals surface area (Å²) >= 11 is 7.32. The van der Waals surface area contributed by atoms with E-state index in [2.05, 4.69) is 0 Å². The molecule has 1 aliphatic heterocycles. The molecule has 0 N–H and O–H groups in total. The molecule has 0 radical (unpaired) electrons. The summed E-state index contributed by atoms with van der Waals surface area (Å²) in [7, 11) is 3.18. The van der Waals surface area contributed by atoms with Crippen LogP contribution in [0.3, 0.4) is 0 Å². The highest BCUT2D eigenvalue weighted by Gasteiger charge is 2.35. The fourth-order valence-corrected chi connectivity index (χ4v) is 4.15. The van der Waals surface area contributed by atoms with E-state index < -0.39 is 22.7 Å². The summed E-state index contributed by atoms with van der Waals surface area (Å²) in [5.41, 5.74) is 2.47. The minimum Gasteiger partial charge on any atom is -0.497 e. The van der Waals surface area contributed by atoms with Crippen LogP contribution in [0.15, 0.2) is 72.8 Å². The quantitative estimate of drug-likeness (QED) is 0.283. The predicted octanol–water partition coefficient (Wildman–Crippen LogP) is 4.46. The van der Waals surface area contributed by atoms with Gasteiger partial charge < -0.3 is 14.3 Å². The normalized spacial score (nSPS) is 13.7. The summed E-state index contributed by atoms with van der Waals surface area (Å²) in [5, 5.41) is 0.525. The van der Waals surface area contributed by atoms with Crippen LogP contribution in [0.2, 0.25) is 0 Å². The fraction of sp³-hybridized carbons (Fsp3) is 0.192. The van der Waals surface area contributed by atoms with Crippen LogP contribution in [0.4, 0.5) is 0 Å². The molecule has 1 saturated heterocycles. The number of carbonyl (C=O) groups excluding carboxylic acids is 3. The lowest BCUT2D eigenvalue weighted by molar-refractivity contribution is -0.172. The Bertz CT molecular complexity index is 1140. The van der Waals surface area contributed by atoms with Gasteiger partial charge in [-0.15, -0.1) is 16.7 Å². The van der Waals surface area contributed by atoms with Crippen molar-refractivity contribution in [1.29, 1.82) is 0 Å². The first-order chi connectivity index (χ1) is 16.4. The molecule has 0 saturated carbocycles. The largest absolute Gasteiger partial charge is 0.497 e. The van der Waals surface area contributed by atoms with E-state index in [9.17, 15) is 14.4 Å². The maximum atomic E-state index is 12.5. The van der Waals surface area contributed by atoms with Crippen molar-refractivity contribution in [3.63, 3.8) is 0 Å². The lowest BCUT2D eigenvalue weighted by atomic mass is 9.83. The highest BCUT2D eigenvalue weighted by atomic mass is 35.5. The molecule has 0 bridgehead atoms. The van der Waals surface area contributed by atoms with Crippen molar-refractivity contribution in [2.75, 3.05) is 14.2 Å². The van der Waals surface area contributed by atoms with Crippen LogP contribution < -0.4 is 9.47 Å². The van der Waals surface area contributed by atoms with E-state index >= 15 is 0 Å². The Morgan fingerprint density at radius 3 is 1.50 bits per heavy atom. The third-order valence-corrected chi connectivity index (χ3v) is 6.33. The summed E-state index contributed by atoms with van der Waals surface area (Å²) in [4.78, 5) is 39.9. The molecule has 4 rings (SSSR count). The van der Waals surface area contributed by atoms with Crippen LogP contribution in [0.1, 0.15) is 39.9 Å². The number of alkyl halides is 1. The molecular weight excluding hydrogens is 458 g/mol. The molecule has 2 amide bonds. The van der Waals surface area contributed by atoms with Crippen LogP contribution in [0.5, 0.6) is 11.5 Å². The van der Waals surface area contributed by atoms with Crippen molar-refractivity contribution < 1.29 is 28.7 Å². The second kappa shape index (κ2) is 9.57. The van der Waals surface area contributed by atoms with E-state index in [1.54, 1.807) is 38.5 Å². The molecule has 3 aromatic rings. The standard InChI is InChI=1S/C26H22ClNO6/c1-32-21-11-7-19(8-12-21)26(27,20-9-13-22(33-2)14-10-20)18-5-3-17(4-6-18)25(31)34-28-23(29)15-16-24(28)30/h3-14H,15-16H2,1-2H3. The number of halogens is 1. The van der Waals surface area contributed by atoms with Gasteiger partial charge in [0.25, 0.3) is 11.8 Å². The van der Waals surface area contributed by atoms with Gasteiger partial charge in [-0.3, -0.25) is 9.59 Å². The van der Waals surface area contributed by atoms with Crippen molar-refractivity contribution in [2.24, 2.45) is 0 Å². The molecule has 0 aromatic heterocycles. The number of hydrogen-bond donors (Lipinski definition) is 0. The van der Waals surface area contributed by atoms with Gasteiger partial charge in [0, 0.05) is 12.8 Å². The van der Waals surface area contributed by atoms with E-state index in [1.807, 2.05) is 48.5 Å². The third kappa shape index (κ3) is 4.34. The molecule has 34 heavy (non-hydrogen) atoms. The molecule has 8 heteroatoms. The van der Waals surface area contributed by atoms with E-state index in [1.165, 1.54) is 0 Å². The van der Waals surface area contributed by atoms with Crippen LogP contribution in [0, 0.1) is 0 Å². The summed E-state index contributed by atoms with van der Waals surface area (Å²) in [5.74, 6) is -0.477. The zero-order valence-electron chi connectivity index (χ0n) is 18.6. The fourth-order valence-electron chi connectivity index (χ4n) is 3.77. The molecule has 1 fully saturated rings. The Hall–Kier alpha value is -3.84. The minimum atomic E-state index is -1.08. The molecular formula is C26H22ClNO6. The average molecular weight is 480 g/mol. The summed E-state index contributed by atoms with van der Waals surface area (Å²) in [6.45, 7) is 0. The summed E-state index contributed by atoms with van der Waals surface area (Å²) < 4.78 is 10.5. The van der Waals surface area contributed by atoms with Gasteiger partial charge in [-0.05, 0) is 53.1 Å². The molecule has 7 nitrogen and oxygen atoms in total. The SMILES string of the molecule is COc1ccc(C(Cl)(c2ccc(OC)cc2)c2ccc(C(=O)ON3C(=O)CCC3=O)cc2)cc1. The molecule has 174 valence electrons. The number of hydrogen-bond acceptors (Lipinski definition) is 6. The first kappa shape index (κ1) is 23.3. The lowest BCUT2D eigenvalue weighted by Gasteiger charge is -2.29. The van der Waals surface area contributed by atoms with Gasteiger partial charge in [-0.1, -0.05) is 36.4 Å². The van der Waals surface area contributed by atoms with Crippen LogP contribution >= 0.6 is 11.6 Å².